The molecule has 0 saturated carbocycles. The van der Waals surface area contributed by atoms with Crippen molar-refractivity contribution in [2.45, 2.75) is 19.4 Å². The van der Waals surface area contributed by atoms with Crippen LogP contribution in [0.3, 0.4) is 0 Å². The van der Waals surface area contributed by atoms with Crippen molar-refractivity contribution in [1.82, 2.24) is 4.90 Å². The molecule has 0 amide bonds. The number of nitrogens with zero attached hydrogens (tertiary/aromatic N) is 3. The number of rotatable bonds is 1. The largest absolute Gasteiger partial charge is 0.367 e. The predicted octanol–water partition coefficient (Wildman–Crippen LogP) is 2.85. The van der Waals surface area contributed by atoms with Crippen LogP contribution in [-0.4, -0.2) is 37.1 Å². The minimum atomic E-state index is 0.132. The molecule has 1 saturated heterocycles. The zero-order valence-electron chi connectivity index (χ0n) is 11.1. The summed E-state index contributed by atoms with van der Waals surface area (Å²) < 4.78 is 1.02. The Kier molecular flexibility index (Phi) is 3.65. The summed E-state index contributed by atoms with van der Waals surface area (Å²) in [6, 6.07) is 8.12. The van der Waals surface area contributed by atoms with Crippen LogP contribution in [0.4, 0.5) is 5.69 Å². The third-order valence-corrected chi connectivity index (χ3v) is 4.23. The van der Waals surface area contributed by atoms with Gasteiger partial charge in [0, 0.05) is 29.6 Å². The van der Waals surface area contributed by atoms with E-state index in [1.807, 2.05) is 18.2 Å². The lowest BCUT2D eigenvalue weighted by molar-refractivity contribution is 0.139. The van der Waals surface area contributed by atoms with Crippen molar-refractivity contribution in [2.75, 3.05) is 31.6 Å². The fourth-order valence-electron chi connectivity index (χ4n) is 2.31. The fraction of sp³-hybridized carbons (Fsp3) is 0.500. The van der Waals surface area contributed by atoms with Gasteiger partial charge in [-0.15, -0.1) is 0 Å². The predicted molar refractivity (Wildman–Crippen MR) is 77.8 cm³/mol. The first kappa shape index (κ1) is 13.4. The summed E-state index contributed by atoms with van der Waals surface area (Å²) in [4.78, 5) is 4.68. The number of halogens is 1. The molecule has 2 rings (SSSR count). The zero-order chi connectivity index (χ0) is 13.3. The van der Waals surface area contributed by atoms with E-state index in [0.29, 0.717) is 0 Å². The Bertz CT molecular complexity index is 490. The number of anilines is 1. The van der Waals surface area contributed by atoms with E-state index in [0.717, 1.165) is 35.4 Å². The van der Waals surface area contributed by atoms with E-state index in [1.54, 1.807) is 0 Å². The van der Waals surface area contributed by atoms with Crippen molar-refractivity contribution in [3.05, 3.63) is 28.2 Å². The molecule has 0 aromatic heterocycles. The Morgan fingerprint density at radius 2 is 2.06 bits per heavy atom. The van der Waals surface area contributed by atoms with Crippen LogP contribution in [-0.2, 0) is 0 Å². The summed E-state index contributed by atoms with van der Waals surface area (Å²) >= 11 is 3.49. The minimum absolute atomic E-state index is 0.132. The second kappa shape index (κ2) is 4.91. The SMILES string of the molecule is CN1CCN(c2cc(Br)ccc2C#N)CC1(C)C. The first-order valence-electron chi connectivity index (χ1n) is 6.10. The summed E-state index contributed by atoms with van der Waals surface area (Å²) in [6.07, 6.45) is 0. The monoisotopic (exact) mass is 307 g/mol. The molecule has 4 heteroatoms. The van der Waals surface area contributed by atoms with Crippen molar-refractivity contribution in [1.29, 1.82) is 5.26 Å². The van der Waals surface area contributed by atoms with Crippen molar-refractivity contribution >= 4 is 21.6 Å². The van der Waals surface area contributed by atoms with Gasteiger partial charge in [-0.2, -0.15) is 5.26 Å². The van der Waals surface area contributed by atoms with E-state index in [9.17, 15) is 5.26 Å². The fourth-order valence-corrected chi connectivity index (χ4v) is 2.66. The first-order valence-corrected chi connectivity index (χ1v) is 6.89. The van der Waals surface area contributed by atoms with Gasteiger partial charge in [0.15, 0.2) is 0 Å². The summed E-state index contributed by atoms with van der Waals surface area (Å²) in [5.41, 5.74) is 1.92. The van der Waals surface area contributed by atoms with Gasteiger partial charge in [0.05, 0.1) is 11.3 Å². The topological polar surface area (TPSA) is 30.3 Å². The highest BCUT2D eigenvalue weighted by Crippen LogP contribution is 2.29. The Hall–Kier alpha value is -1.05. The van der Waals surface area contributed by atoms with E-state index in [1.165, 1.54) is 0 Å². The molecule has 1 fully saturated rings. The average molecular weight is 308 g/mol. The van der Waals surface area contributed by atoms with Crippen LogP contribution in [0.2, 0.25) is 0 Å². The standard InChI is InChI=1S/C14H18BrN3/c1-14(2)10-18(7-6-17(14)3)13-8-12(15)5-4-11(13)9-16/h4-5,8H,6-7,10H2,1-3H3. The number of benzene rings is 1. The van der Waals surface area contributed by atoms with Crippen LogP contribution in [0, 0.1) is 11.3 Å². The van der Waals surface area contributed by atoms with Gasteiger partial charge in [0.1, 0.15) is 6.07 Å². The van der Waals surface area contributed by atoms with E-state index < -0.39 is 0 Å². The number of piperazine rings is 1. The minimum Gasteiger partial charge on any atom is -0.367 e. The molecule has 0 unspecified atom stereocenters. The Balaban J connectivity index is 2.33. The van der Waals surface area contributed by atoms with E-state index in [2.05, 4.69) is 52.7 Å². The van der Waals surface area contributed by atoms with Gasteiger partial charge in [0.2, 0.25) is 0 Å². The van der Waals surface area contributed by atoms with Gasteiger partial charge in [-0.05, 0) is 39.1 Å². The van der Waals surface area contributed by atoms with Crippen LogP contribution in [0.15, 0.2) is 22.7 Å². The molecule has 0 atom stereocenters. The van der Waals surface area contributed by atoms with Gasteiger partial charge < -0.3 is 4.90 Å². The van der Waals surface area contributed by atoms with Crippen LogP contribution < -0.4 is 4.90 Å². The highest BCUT2D eigenvalue weighted by atomic mass is 79.9. The number of hydrogen-bond donors (Lipinski definition) is 0. The lowest BCUT2D eigenvalue weighted by Crippen LogP contribution is -2.57. The lowest BCUT2D eigenvalue weighted by Gasteiger charge is -2.46. The van der Waals surface area contributed by atoms with Crippen LogP contribution in [0.25, 0.3) is 0 Å². The molecular formula is C14H18BrN3. The molecule has 0 spiro atoms. The average Bonchev–Trinajstić information content (AvgIpc) is 2.32. The van der Waals surface area contributed by atoms with Crippen LogP contribution in [0.1, 0.15) is 19.4 Å². The molecule has 96 valence electrons. The van der Waals surface area contributed by atoms with Crippen molar-refractivity contribution < 1.29 is 0 Å². The molecular weight excluding hydrogens is 290 g/mol. The summed E-state index contributed by atoms with van der Waals surface area (Å²) in [5, 5.41) is 9.22. The second-order valence-electron chi connectivity index (χ2n) is 5.43. The van der Waals surface area contributed by atoms with E-state index in [-0.39, 0.29) is 5.54 Å². The smallest absolute Gasteiger partial charge is 0.101 e. The highest BCUT2D eigenvalue weighted by molar-refractivity contribution is 9.10. The Morgan fingerprint density at radius 1 is 1.33 bits per heavy atom. The molecule has 1 aromatic rings. The van der Waals surface area contributed by atoms with E-state index in [4.69, 9.17) is 0 Å². The van der Waals surface area contributed by atoms with Crippen LogP contribution >= 0.6 is 15.9 Å². The Labute approximate surface area is 117 Å². The molecule has 1 aliphatic heterocycles. The van der Waals surface area contributed by atoms with Gasteiger partial charge in [-0.25, -0.2) is 0 Å². The van der Waals surface area contributed by atoms with Crippen molar-refractivity contribution in [3.8, 4) is 6.07 Å². The number of hydrogen-bond acceptors (Lipinski definition) is 3. The molecule has 0 radical (unpaired) electrons. The first-order chi connectivity index (χ1) is 8.44. The number of nitriles is 1. The van der Waals surface area contributed by atoms with Gasteiger partial charge in [-0.3, -0.25) is 4.90 Å². The third-order valence-electron chi connectivity index (χ3n) is 3.74. The third kappa shape index (κ3) is 2.52. The maximum absolute atomic E-state index is 9.22. The summed E-state index contributed by atoms with van der Waals surface area (Å²) in [7, 11) is 2.16. The van der Waals surface area contributed by atoms with E-state index >= 15 is 0 Å². The summed E-state index contributed by atoms with van der Waals surface area (Å²) in [5.74, 6) is 0. The molecule has 18 heavy (non-hydrogen) atoms. The molecule has 1 aliphatic rings. The highest BCUT2D eigenvalue weighted by Gasteiger charge is 2.31. The zero-order valence-corrected chi connectivity index (χ0v) is 12.7. The second-order valence-corrected chi connectivity index (χ2v) is 6.34. The molecule has 0 aliphatic carbocycles. The normalized spacial score (nSPS) is 19.6. The molecule has 1 heterocycles. The number of likely N-dealkylation sites (N-methyl/N-ethyl adjacent to an activating group) is 1. The molecule has 3 nitrogen and oxygen atoms in total. The van der Waals surface area contributed by atoms with Gasteiger partial charge in [0.25, 0.3) is 0 Å². The van der Waals surface area contributed by atoms with Crippen molar-refractivity contribution in [3.63, 3.8) is 0 Å². The molecule has 0 bridgehead atoms. The molecule has 1 aromatic carbocycles. The maximum Gasteiger partial charge on any atom is 0.101 e. The lowest BCUT2D eigenvalue weighted by atomic mass is 9.98. The van der Waals surface area contributed by atoms with Crippen LogP contribution in [0.5, 0.6) is 0 Å². The van der Waals surface area contributed by atoms with Gasteiger partial charge >= 0.3 is 0 Å². The Morgan fingerprint density at radius 3 is 2.67 bits per heavy atom. The quantitative estimate of drug-likeness (QED) is 0.799. The maximum atomic E-state index is 9.22. The van der Waals surface area contributed by atoms with Gasteiger partial charge in [-0.1, -0.05) is 15.9 Å². The van der Waals surface area contributed by atoms with Crippen molar-refractivity contribution in [2.24, 2.45) is 0 Å². The molecule has 0 N–H and O–H groups in total. The summed E-state index contributed by atoms with van der Waals surface area (Å²) in [6.45, 7) is 7.40.